The number of hydrogen-bond acceptors (Lipinski definition) is 4. The number of halogens is 1. The first-order valence-corrected chi connectivity index (χ1v) is 8.62. The van der Waals surface area contributed by atoms with Crippen LogP contribution in [0.25, 0.3) is 0 Å². The number of nitrogens with zero attached hydrogens (tertiary/aromatic N) is 1. The predicted octanol–water partition coefficient (Wildman–Crippen LogP) is 3.74. The molecule has 0 heterocycles. The first-order chi connectivity index (χ1) is 10.5. The lowest BCUT2D eigenvalue weighted by molar-refractivity contribution is -0.384. The first kappa shape index (κ1) is 16.5. The molecule has 2 aromatic carbocycles. The van der Waals surface area contributed by atoms with E-state index in [9.17, 15) is 14.3 Å². The van der Waals surface area contributed by atoms with Gasteiger partial charge in [-0.15, -0.1) is 0 Å². The molecular formula is C15H15ClN2O3S. The number of nitro benzene ring substituents is 1. The highest BCUT2D eigenvalue weighted by atomic mass is 35.5. The van der Waals surface area contributed by atoms with E-state index in [1.807, 2.05) is 12.1 Å². The van der Waals surface area contributed by atoms with Gasteiger partial charge in [0.1, 0.15) is 0 Å². The number of nitro groups is 1. The molecule has 0 unspecified atom stereocenters. The second-order valence-electron chi connectivity index (χ2n) is 4.80. The lowest BCUT2D eigenvalue weighted by Crippen LogP contribution is -2.01. The van der Waals surface area contributed by atoms with Crippen molar-refractivity contribution in [2.45, 2.75) is 12.3 Å². The number of non-ortho nitro benzene ring substituents is 1. The summed E-state index contributed by atoms with van der Waals surface area (Å²) in [5.74, 6) is 0.409. The molecule has 0 aromatic heterocycles. The normalized spacial score (nSPS) is 11.9. The number of anilines is 1. The van der Waals surface area contributed by atoms with Gasteiger partial charge in [0.15, 0.2) is 0 Å². The maximum Gasteiger partial charge on any atom is 0.269 e. The molecule has 2 aromatic rings. The van der Waals surface area contributed by atoms with Gasteiger partial charge in [-0.3, -0.25) is 14.3 Å². The Balaban J connectivity index is 2.04. The number of nitrogens with one attached hydrogen (secondary N) is 1. The van der Waals surface area contributed by atoms with Crippen molar-refractivity contribution in [2.75, 3.05) is 11.6 Å². The summed E-state index contributed by atoms with van der Waals surface area (Å²) in [5.41, 5.74) is 2.70. The van der Waals surface area contributed by atoms with Crippen LogP contribution in [-0.4, -0.2) is 15.4 Å². The standard InChI is InChI=1S/C15H15ClN2O3S/c1-22(21)10-12-8-13(4-7-15(12)16)17-9-11-2-5-14(6-3-11)18(19)20/h2-8,17H,9-10H2,1H3/t22-/m1/s1. The molecule has 2 rings (SSSR count). The van der Waals surface area contributed by atoms with Gasteiger partial charge in [0.05, 0.1) is 4.92 Å². The maximum atomic E-state index is 11.3. The zero-order valence-corrected chi connectivity index (χ0v) is 13.5. The first-order valence-electron chi connectivity index (χ1n) is 6.51. The van der Waals surface area contributed by atoms with Crippen LogP contribution in [-0.2, 0) is 23.1 Å². The number of hydrogen-bond donors (Lipinski definition) is 1. The summed E-state index contributed by atoms with van der Waals surface area (Å²) in [5, 5.41) is 14.4. The molecule has 0 spiro atoms. The van der Waals surface area contributed by atoms with Crippen molar-refractivity contribution in [1.29, 1.82) is 0 Å². The summed E-state index contributed by atoms with van der Waals surface area (Å²) in [4.78, 5) is 10.2. The second-order valence-corrected chi connectivity index (χ2v) is 6.64. The van der Waals surface area contributed by atoms with E-state index in [1.165, 1.54) is 12.1 Å². The van der Waals surface area contributed by atoms with Crippen molar-refractivity contribution in [3.63, 3.8) is 0 Å². The molecule has 0 saturated heterocycles. The molecule has 116 valence electrons. The van der Waals surface area contributed by atoms with Crippen molar-refractivity contribution in [3.8, 4) is 0 Å². The van der Waals surface area contributed by atoms with Crippen molar-refractivity contribution in [1.82, 2.24) is 0 Å². The molecule has 7 heteroatoms. The van der Waals surface area contributed by atoms with Crippen molar-refractivity contribution in [3.05, 3.63) is 68.7 Å². The zero-order chi connectivity index (χ0) is 16.1. The molecule has 5 nitrogen and oxygen atoms in total. The van der Waals surface area contributed by atoms with Crippen LogP contribution in [0.5, 0.6) is 0 Å². The van der Waals surface area contributed by atoms with Gasteiger partial charge in [-0.25, -0.2) is 0 Å². The Morgan fingerprint density at radius 1 is 1.23 bits per heavy atom. The van der Waals surface area contributed by atoms with Gasteiger partial charge in [0.2, 0.25) is 0 Å². The van der Waals surface area contributed by atoms with Crippen molar-refractivity contribution in [2.24, 2.45) is 0 Å². The van der Waals surface area contributed by atoms with Crippen molar-refractivity contribution >= 4 is 33.8 Å². The third-order valence-corrected chi connectivity index (χ3v) is 4.13. The van der Waals surface area contributed by atoms with E-state index in [4.69, 9.17) is 11.6 Å². The minimum absolute atomic E-state index is 0.0722. The zero-order valence-electron chi connectivity index (χ0n) is 11.9. The summed E-state index contributed by atoms with van der Waals surface area (Å²) in [6.45, 7) is 0.536. The van der Waals surface area contributed by atoms with E-state index in [-0.39, 0.29) is 5.69 Å². The monoisotopic (exact) mass is 338 g/mol. The van der Waals surface area contributed by atoms with Gasteiger partial charge >= 0.3 is 0 Å². The van der Waals surface area contributed by atoms with Gasteiger partial charge < -0.3 is 5.32 Å². The van der Waals surface area contributed by atoms with Gasteiger partial charge in [-0.1, -0.05) is 23.7 Å². The summed E-state index contributed by atoms with van der Waals surface area (Å²) in [7, 11) is -0.958. The van der Waals surface area contributed by atoms with Crippen LogP contribution in [0.1, 0.15) is 11.1 Å². The average Bonchev–Trinajstić information content (AvgIpc) is 2.48. The highest BCUT2D eigenvalue weighted by Crippen LogP contribution is 2.22. The van der Waals surface area contributed by atoms with Gasteiger partial charge in [0.25, 0.3) is 5.69 Å². The molecule has 0 aliphatic heterocycles. The average molecular weight is 339 g/mol. The molecule has 0 aliphatic carbocycles. The van der Waals surface area contributed by atoms with E-state index in [0.29, 0.717) is 17.3 Å². The van der Waals surface area contributed by atoms with E-state index < -0.39 is 15.7 Å². The SMILES string of the molecule is C[S@@](=O)Cc1cc(NCc2ccc([N+](=O)[O-])cc2)ccc1Cl. The highest BCUT2D eigenvalue weighted by molar-refractivity contribution is 7.83. The predicted molar refractivity (Wildman–Crippen MR) is 89.6 cm³/mol. The van der Waals surface area contributed by atoms with Crippen LogP contribution in [0.3, 0.4) is 0 Å². The summed E-state index contributed by atoms with van der Waals surface area (Å²) in [6, 6.07) is 11.9. The molecular weight excluding hydrogens is 324 g/mol. The number of benzene rings is 2. The third kappa shape index (κ3) is 4.54. The van der Waals surface area contributed by atoms with Crippen LogP contribution < -0.4 is 5.32 Å². The lowest BCUT2D eigenvalue weighted by atomic mass is 10.2. The molecule has 1 N–H and O–H groups in total. The Kier molecular flexibility index (Phi) is 5.51. The molecule has 0 saturated carbocycles. The minimum Gasteiger partial charge on any atom is -0.381 e. The van der Waals surface area contributed by atoms with E-state index in [1.54, 1.807) is 24.5 Å². The molecule has 0 aliphatic rings. The molecule has 1 atom stereocenters. The summed E-state index contributed by atoms with van der Waals surface area (Å²) >= 11 is 6.08. The topological polar surface area (TPSA) is 72.2 Å². The molecule has 0 fully saturated rings. The second kappa shape index (κ2) is 7.38. The molecule has 22 heavy (non-hydrogen) atoms. The smallest absolute Gasteiger partial charge is 0.269 e. The molecule has 0 bridgehead atoms. The quantitative estimate of drug-likeness (QED) is 0.643. The van der Waals surface area contributed by atoms with E-state index in [0.717, 1.165) is 16.8 Å². The molecule has 0 radical (unpaired) electrons. The fourth-order valence-corrected chi connectivity index (χ4v) is 2.89. The Hall–Kier alpha value is -1.92. The fraction of sp³-hybridized carbons (Fsp3) is 0.200. The largest absolute Gasteiger partial charge is 0.381 e. The number of rotatable bonds is 6. The van der Waals surface area contributed by atoms with Crippen LogP contribution in [0.15, 0.2) is 42.5 Å². The van der Waals surface area contributed by atoms with Gasteiger partial charge in [0, 0.05) is 52.2 Å². The van der Waals surface area contributed by atoms with E-state index in [2.05, 4.69) is 5.32 Å². The molecule has 0 amide bonds. The lowest BCUT2D eigenvalue weighted by Gasteiger charge is -2.09. The Bertz CT molecular complexity index is 704. The van der Waals surface area contributed by atoms with Crippen LogP contribution in [0.2, 0.25) is 5.02 Å². The van der Waals surface area contributed by atoms with Gasteiger partial charge in [-0.05, 0) is 29.3 Å². The Morgan fingerprint density at radius 2 is 1.91 bits per heavy atom. The Labute approximate surface area is 135 Å². The third-order valence-electron chi connectivity index (χ3n) is 3.05. The fourth-order valence-electron chi connectivity index (χ4n) is 1.95. The summed E-state index contributed by atoms with van der Waals surface area (Å²) in [6.07, 6.45) is 1.63. The van der Waals surface area contributed by atoms with Crippen molar-refractivity contribution < 1.29 is 9.13 Å². The van der Waals surface area contributed by atoms with Crippen LogP contribution >= 0.6 is 11.6 Å². The maximum absolute atomic E-state index is 11.3. The minimum atomic E-state index is -0.958. The highest BCUT2D eigenvalue weighted by Gasteiger charge is 2.06. The Morgan fingerprint density at radius 3 is 2.50 bits per heavy atom. The van der Waals surface area contributed by atoms with Crippen LogP contribution in [0, 0.1) is 10.1 Å². The van der Waals surface area contributed by atoms with Gasteiger partial charge in [-0.2, -0.15) is 0 Å². The summed E-state index contributed by atoms with van der Waals surface area (Å²) < 4.78 is 11.3. The van der Waals surface area contributed by atoms with E-state index >= 15 is 0 Å². The van der Waals surface area contributed by atoms with Crippen LogP contribution in [0.4, 0.5) is 11.4 Å².